The van der Waals surface area contributed by atoms with Crippen LogP contribution in [0.5, 0.6) is 17.2 Å². The van der Waals surface area contributed by atoms with Crippen molar-refractivity contribution in [2.24, 2.45) is 0 Å². The van der Waals surface area contributed by atoms with Crippen LogP contribution in [0.25, 0.3) is 0 Å². The summed E-state index contributed by atoms with van der Waals surface area (Å²) < 4.78 is 23.4. The van der Waals surface area contributed by atoms with Gasteiger partial charge in [-0.05, 0) is 23.8 Å². The van der Waals surface area contributed by atoms with Crippen molar-refractivity contribution in [1.82, 2.24) is 20.1 Å². The van der Waals surface area contributed by atoms with Crippen molar-refractivity contribution < 1.29 is 23.7 Å². The number of carbonyl (C=O) groups is 1. The third kappa shape index (κ3) is 6.15. The Morgan fingerprint density at radius 2 is 1.79 bits per heavy atom. The Labute approximate surface area is 243 Å². The van der Waals surface area contributed by atoms with Gasteiger partial charge in [0.15, 0.2) is 11.5 Å². The van der Waals surface area contributed by atoms with E-state index < -0.39 is 0 Å². The number of aromatic amines is 1. The fraction of sp³-hybridized carbons (Fsp3) is 0.267. The number of hydrogen-bond acceptors (Lipinski definition) is 10. The molecule has 1 aliphatic heterocycles. The summed E-state index contributed by atoms with van der Waals surface area (Å²) in [5.74, 6) is 1.76. The molecule has 1 aromatic heterocycles. The zero-order chi connectivity index (χ0) is 29.5. The SMILES string of the molecule is COc1cc(N(c2ccc(C#N)c(N)c2)c2ncn[nH]2)cc(OC)c1OC1CCN(C(=O)OCc2ccccc2)CC1. The minimum absolute atomic E-state index is 0.166. The molecule has 0 radical (unpaired) electrons. The number of nitrogens with zero attached hydrogens (tertiary/aromatic N) is 5. The van der Waals surface area contributed by atoms with Crippen LogP contribution in [0.4, 0.5) is 27.8 Å². The van der Waals surface area contributed by atoms with Crippen LogP contribution in [0.1, 0.15) is 24.0 Å². The number of nitriles is 1. The predicted octanol–water partition coefficient (Wildman–Crippen LogP) is 4.93. The van der Waals surface area contributed by atoms with E-state index in [1.54, 1.807) is 54.4 Å². The van der Waals surface area contributed by atoms with Crippen molar-refractivity contribution in [3.8, 4) is 23.3 Å². The molecule has 0 aliphatic carbocycles. The molecule has 12 nitrogen and oxygen atoms in total. The quantitative estimate of drug-likeness (QED) is 0.266. The number of anilines is 4. The maximum Gasteiger partial charge on any atom is 0.410 e. The maximum atomic E-state index is 12.6. The molecule has 0 bridgehead atoms. The van der Waals surface area contributed by atoms with Gasteiger partial charge in [-0.2, -0.15) is 15.3 Å². The molecule has 5 rings (SSSR count). The number of piperidine rings is 1. The van der Waals surface area contributed by atoms with E-state index >= 15 is 0 Å². The zero-order valence-corrected chi connectivity index (χ0v) is 23.3. The van der Waals surface area contributed by atoms with Gasteiger partial charge in [0.25, 0.3) is 0 Å². The van der Waals surface area contributed by atoms with Gasteiger partial charge in [-0.3, -0.25) is 4.90 Å². The lowest BCUT2D eigenvalue weighted by molar-refractivity contribution is 0.0621. The molecule has 12 heteroatoms. The topological polar surface area (TPSA) is 152 Å². The molecule has 0 spiro atoms. The molecule has 1 saturated heterocycles. The van der Waals surface area contributed by atoms with Gasteiger partial charge >= 0.3 is 6.09 Å². The number of aromatic nitrogens is 3. The number of nitrogens with two attached hydrogens (primary N) is 1. The Balaban J connectivity index is 1.33. The summed E-state index contributed by atoms with van der Waals surface area (Å²) in [5.41, 5.74) is 9.03. The van der Waals surface area contributed by atoms with Crippen molar-refractivity contribution in [2.75, 3.05) is 37.9 Å². The lowest BCUT2D eigenvalue weighted by atomic mass is 10.1. The highest BCUT2D eigenvalue weighted by atomic mass is 16.6. The standard InChI is InChI=1S/C30H31N7O5/c1-39-26-15-23(37(29-33-19-34-35-29)22-9-8-21(17-31)25(32)14-22)16-27(40-2)28(26)42-24-10-12-36(13-11-24)30(38)41-18-20-6-4-3-5-7-20/h3-9,14-16,19,24H,10-13,18,32H2,1-2H3,(H,33,34,35). The molecule has 0 atom stereocenters. The van der Waals surface area contributed by atoms with Crippen molar-refractivity contribution in [3.05, 3.63) is 78.1 Å². The van der Waals surface area contributed by atoms with E-state index in [1.807, 2.05) is 30.3 Å². The number of likely N-dealkylation sites (tertiary alicyclic amines) is 1. The molecule has 216 valence electrons. The number of benzene rings is 3. The second-order valence-electron chi connectivity index (χ2n) is 9.55. The predicted molar refractivity (Wildman–Crippen MR) is 155 cm³/mol. The molecule has 1 fully saturated rings. The Hall–Kier alpha value is -5.44. The van der Waals surface area contributed by atoms with Gasteiger partial charge in [-0.15, -0.1) is 0 Å². The minimum atomic E-state index is -0.340. The van der Waals surface area contributed by atoms with Gasteiger partial charge in [0.05, 0.1) is 36.8 Å². The van der Waals surface area contributed by atoms with Crippen molar-refractivity contribution in [3.63, 3.8) is 0 Å². The Bertz CT molecular complexity index is 1520. The molecular weight excluding hydrogens is 538 g/mol. The van der Waals surface area contributed by atoms with E-state index in [9.17, 15) is 10.1 Å². The zero-order valence-electron chi connectivity index (χ0n) is 23.3. The molecule has 3 aromatic carbocycles. The Kier molecular flexibility index (Phi) is 8.58. The number of amides is 1. The number of methoxy groups -OCH3 is 2. The van der Waals surface area contributed by atoms with E-state index in [4.69, 9.17) is 24.7 Å². The summed E-state index contributed by atoms with van der Waals surface area (Å²) in [7, 11) is 3.10. The van der Waals surface area contributed by atoms with Crippen molar-refractivity contribution in [1.29, 1.82) is 5.26 Å². The smallest absolute Gasteiger partial charge is 0.410 e. The molecule has 42 heavy (non-hydrogen) atoms. The molecule has 2 heterocycles. The number of ether oxygens (including phenoxy) is 4. The van der Waals surface area contributed by atoms with E-state index in [0.29, 0.717) is 71.8 Å². The lowest BCUT2D eigenvalue weighted by Gasteiger charge is -2.32. The Morgan fingerprint density at radius 1 is 1.07 bits per heavy atom. The first-order valence-corrected chi connectivity index (χ1v) is 13.3. The Morgan fingerprint density at radius 3 is 2.38 bits per heavy atom. The summed E-state index contributed by atoms with van der Waals surface area (Å²) >= 11 is 0. The second-order valence-corrected chi connectivity index (χ2v) is 9.55. The average Bonchev–Trinajstić information content (AvgIpc) is 3.56. The molecule has 0 saturated carbocycles. The highest BCUT2D eigenvalue weighted by Gasteiger charge is 2.28. The lowest BCUT2D eigenvalue weighted by Crippen LogP contribution is -2.42. The fourth-order valence-corrected chi connectivity index (χ4v) is 4.74. The summed E-state index contributed by atoms with van der Waals surface area (Å²) in [6.45, 7) is 1.23. The average molecular weight is 570 g/mol. The van der Waals surface area contributed by atoms with E-state index in [-0.39, 0.29) is 18.8 Å². The third-order valence-electron chi connectivity index (χ3n) is 6.92. The number of nitrogen functional groups attached to an aromatic ring is 1. The van der Waals surface area contributed by atoms with Crippen LogP contribution in [0.3, 0.4) is 0 Å². The molecule has 1 aliphatic rings. The first-order chi connectivity index (χ1) is 20.5. The number of nitrogens with one attached hydrogen (secondary N) is 1. The molecule has 0 unspecified atom stereocenters. The monoisotopic (exact) mass is 569 g/mol. The van der Waals surface area contributed by atoms with Crippen molar-refractivity contribution >= 4 is 29.1 Å². The maximum absolute atomic E-state index is 12.6. The number of carbonyl (C=O) groups excluding carboxylic acids is 1. The largest absolute Gasteiger partial charge is 0.493 e. The third-order valence-corrected chi connectivity index (χ3v) is 6.92. The van der Waals surface area contributed by atoms with E-state index in [1.165, 1.54) is 6.33 Å². The van der Waals surface area contributed by atoms with Crippen LogP contribution in [-0.4, -0.2) is 59.6 Å². The summed E-state index contributed by atoms with van der Waals surface area (Å²) in [5, 5.41) is 16.2. The fourth-order valence-electron chi connectivity index (χ4n) is 4.74. The molecule has 3 N–H and O–H groups in total. The molecule has 4 aromatic rings. The summed E-state index contributed by atoms with van der Waals surface area (Å²) in [6, 6.07) is 20.3. The normalized spacial score (nSPS) is 13.2. The molecule has 1 amide bonds. The van der Waals surface area contributed by atoms with Gasteiger partial charge in [0, 0.05) is 38.1 Å². The van der Waals surface area contributed by atoms with Gasteiger partial charge < -0.3 is 29.6 Å². The molecular formula is C30H31N7O5. The number of rotatable bonds is 9. The number of H-pyrrole nitrogens is 1. The summed E-state index contributed by atoms with van der Waals surface area (Å²) in [6.07, 6.45) is 2.12. The van der Waals surface area contributed by atoms with E-state index in [2.05, 4.69) is 21.3 Å². The van der Waals surface area contributed by atoms with E-state index in [0.717, 1.165) is 5.56 Å². The highest BCUT2D eigenvalue weighted by Crippen LogP contribution is 2.45. The van der Waals surface area contributed by atoms with Crippen molar-refractivity contribution in [2.45, 2.75) is 25.6 Å². The van der Waals surface area contributed by atoms with Gasteiger partial charge in [0.1, 0.15) is 25.1 Å². The van der Waals surface area contributed by atoms with Crippen LogP contribution in [-0.2, 0) is 11.3 Å². The van der Waals surface area contributed by atoms with Crippen LogP contribution in [0.15, 0.2) is 67.0 Å². The first kappa shape index (κ1) is 28.1. The summed E-state index contributed by atoms with van der Waals surface area (Å²) in [4.78, 5) is 20.4. The van der Waals surface area contributed by atoms with Crippen LogP contribution >= 0.6 is 0 Å². The highest BCUT2D eigenvalue weighted by molar-refractivity contribution is 5.79. The second kappa shape index (κ2) is 12.8. The van der Waals surface area contributed by atoms with Crippen LogP contribution < -0.4 is 24.8 Å². The van der Waals surface area contributed by atoms with Gasteiger partial charge in [-0.25, -0.2) is 9.89 Å². The van der Waals surface area contributed by atoms with Gasteiger partial charge in [0.2, 0.25) is 11.7 Å². The minimum Gasteiger partial charge on any atom is -0.493 e. The van der Waals surface area contributed by atoms with Gasteiger partial charge in [-0.1, -0.05) is 30.3 Å². The number of hydrogen-bond donors (Lipinski definition) is 2. The van der Waals surface area contributed by atoms with Crippen LogP contribution in [0, 0.1) is 11.3 Å². The van der Waals surface area contributed by atoms with Crippen LogP contribution in [0.2, 0.25) is 0 Å². The first-order valence-electron chi connectivity index (χ1n) is 13.3.